The molecule has 0 bridgehead atoms. The van der Waals surface area contributed by atoms with Gasteiger partial charge in [-0.25, -0.2) is 0 Å². The van der Waals surface area contributed by atoms with E-state index in [0.717, 1.165) is 32.0 Å². The Kier molecular flexibility index (Phi) is 6.34. The fourth-order valence-corrected chi connectivity index (χ4v) is 3.16. The molecule has 2 unspecified atom stereocenters. The van der Waals surface area contributed by atoms with Crippen molar-refractivity contribution < 1.29 is 4.79 Å². The van der Waals surface area contributed by atoms with Gasteiger partial charge in [0.05, 0.1) is 0 Å². The average molecular weight is 306 g/mol. The maximum Gasteiger partial charge on any atom is 0.127 e. The molecule has 2 atom stereocenters. The van der Waals surface area contributed by atoms with Crippen LogP contribution >= 0.6 is 0 Å². The first-order valence-corrected chi connectivity index (χ1v) is 8.37. The highest BCUT2D eigenvalue weighted by molar-refractivity contribution is 5.61. The van der Waals surface area contributed by atoms with Crippen LogP contribution in [0.3, 0.4) is 0 Å². The van der Waals surface area contributed by atoms with Crippen LogP contribution in [0.5, 0.6) is 0 Å². The van der Waals surface area contributed by atoms with Crippen LogP contribution in [0.4, 0.5) is 0 Å². The quantitative estimate of drug-likeness (QED) is 0.456. The smallest absolute Gasteiger partial charge is 0.127 e. The second kappa shape index (κ2) is 8.47. The Balaban J connectivity index is 2.09. The number of hydrogen-bond acceptors (Lipinski definition) is 1. The van der Waals surface area contributed by atoms with E-state index in [1.165, 1.54) is 11.1 Å². The summed E-state index contributed by atoms with van der Waals surface area (Å²) in [5.74, 6) is 0.163. The minimum atomic E-state index is -0.363. The number of rotatable bonds is 9. The Bertz CT molecular complexity index is 602. The zero-order valence-electron chi connectivity index (χ0n) is 13.9. The summed E-state index contributed by atoms with van der Waals surface area (Å²) in [5.41, 5.74) is 2.18. The summed E-state index contributed by atoms with van der Waals surface area (Å²) in [6.07, 6.45) is 6.76. The minimum Gasteiger partial charge on any atom is -0.303 e. The topological polar surface area (TPSA) is 17.1 Å². The van der Waals surface area contributed by atoms with E-state index in [-0.39, 0.29) is 11.3 Å². The molecule has 2 aromatic carbocycles. The summed E-state index contributed by atoms with van der Waals surface area (Å²) < 4.78 is 0. The minimum absolute atomic E-state index is 0.163. The van der Waals surface area contributed by atoms with Gasteiger partial charge in [-0.15, -0.1) is 6.58 Å². The van der Waals surface area contributed by atoms with Crippen molar-refractivity contribution in [3.8, 4) is 0 Å². The van der Waals surface area contributed by atoms with Crippen LogP contribution in [-0.2, 0) is 17.6 Å². The molecule has 0 aliphatic carbocycles. The van der Waals surface area contributed by atoms with Gasteiger partial charge in [-0.05, 0) is 42.7 Å². The molecular formula is C22H26O. The summed E-state index contributed by atoms with van der Waals surface area (Å²) in [7, 11) is 0. The number of carbonyl (C=O) groups is 1. The highest BCUT2D eigenvalue weighted by Gasteiger charge is 2.34. The normalized spacial score (nSPS) is 14.7. The Morgan fingerprint density at radius 1 is 1.00 bits per heavy atom. The number of aldehydes is 1. The third kappa shape index (κ3) is 4.66. The lowest BCUT2D eigenvalue weighted by Crippen LogP contribution is -2.32. The number of allylic oxidation sites excluding steroid dienone is 1. The molecule has 0 aromatic heterocycles. The van der Waals surface area contributed by atoms with Gasteiger partial charge in [0.2, 0.25) is 0 Å². The van der Waals surface area contributed by atoms with Crippen molar-refractivity contribution in [3.05, 3.63) is 84.4 Å². The second-order valence-electron chi connectivity index (χ2n) is 6.38. The van der Waals surface area contributed by atoms with E-state index in [9.17, 15) is 4.79 Å². The Morgan fingerprint density at radius 2 is 1.57 bits per heavy atom. The molecule has 0 aliphatic rings. The number of benzene rings is 2. The monoisotopic (exact) mass is 306 g/mol. The molecule has 0 saturated carbocycles. The highest BCUT2D eigenvalue weighted by Crippen LogP contribution is 2.36. The van der Waals surface area contributed by atoms with Gasteiger partial charge in [-0.1, -0.05) is 73.7 Å². The molecule has 2 rings (SSSR count). The molecule has 23 heavy (non-hydrogen) atoms. The average Bonchev–Trinajstić information content (AvgIpc) is 2.62. The van der Waals surface area contributed by atoms with Crippen molar-refractivity contribution in [2.45, 2.75) is 32.6 Å². The van der Waals surface area contributed by atoms with Gasteiger partial charge in [0.15, 0.2) is 0 Å². The molecule has 0 fully saturated rings. The van der Waals surface area contributed by atoms with Crippen molar-refractivity contribution in [2.24, 2.45) is 11.3 Å². The third-order valence-corrected chi connectivity index (χ3v) is 4.82. The lowest BCUT2D eigenvalue weighted by molar-refractivity contribution is -0.118. The number of hydrogen-bond donors (Lipinski definition) is 0. The first-order valence-electron chi connectivity index (χ1n) is 8.37. The second-order valence-corrected chi connectivity index (χ2v) is 6.38. The Labute approximate surface area is 140 Å². The zero-order valence-corrected chi connectivity index (χ0v) is 13.9. The largest absolute Gasteiger partial charge is 0.303 e. The van der Waals surface area contributed by atoms with Gasteiger partial charge in [-0.2, -0.15) is 0 Å². The van der Waals surface area contributed by atoms with Crippen molar-refractivity contribution in [3.63, 3.8) is 0 Å². The van der Waals surface area contributed by atoms with E-state index < -0.39 is 0 Å². The molecule has 0 spiro atoms. The van der Waals surface area contributed by atoms with Crippen LogP contribution in [-0.4, -0.2) is 6.29 Å². The van der Waals surface area contributed by atoms with E-state index in [2.05, 4.69) is 49.9 Å². The summed E-state index contributed by atoms with van der Waals surface area (Å²) >= 11 is 0. The fraction of sp³-hybridized carbons (Fsp3) is 0.318. The maximum atomic E-state index is 12.0. The summed E-state index contributed by atoms with van der Waals surface area (Å²) in [6, 6.07) is 20.8. The van der Waals surface area contributed by atoms with E-state index in [1.807, 2.05) is 30.3 Å². The predicted octanol–water partition coefficient (Wildman–Crippen LogP) is 5.26. The zero-order chi connectivity index (χ0) is 16.5. The molecule has 0 N–H and O–H groups in total. The Hall–Kier alpha value is -2.15. The summed E-state index contributed by atoms with van der Waals surface area (Å²) in [6.45, 7) is 6.03. The molecule has 1 nitrogen and oxygen atoms in total. The Morgan fingerprint density at radius 3 is 2.09 bits per heavy atom. The lowest BCUT2D eigenvalue weighted by atomic mass is 9.69. The van der Waals surface area contributed by atoms with Gasteiger partial charge in [0, 0.05) is 5.41 Å². The van der Waals surface area contributed by atoms with Crippen molar-refractivity contribution in [1.82, 2.24) is 0 Å². The molecule has 1 heteroatoms. The van der Waals surface area contributed by atoms with Crippen molar-refractivity contribution in [1.29, 1.82) is 0 Å². The molecule has 0 aliphatic heterocycles. The summed E-state index contributed by atoms with van der Waals surface area (Å²) in [4.78, 5) is 12.0. The van der Waals surface area contributed by atoms with Crippen LogP contribution in [0.15, 0.2) is 73.3 Å². The van der Waals surface area contributed by atoms with Crippen molar-refractivity contribution >= 4 is 6.29 Å². The third-order valence-electron chi connectivity index (χ3n) is 4.82. The molecule has 2 aromatic rings. The van der Waals surface area contributed by atoms with Gasteiger partial charge in [0.1, 0.15) is 6.29 Å². The molecule has 120 valence electrons. The number of carbonyl (C=O) groups excluding carboxylic acids is 1. The van der Waals surface area contributed by atoms with Crippen LogP contribution in [0.25, 0.3) is 0 Å². The molecule has 0 amide bonds. The fourth-order valence-electron chi connectivity index (χ4n) is 3.16. The van der Waals surface area contributed by atoms with Gasteiger partial charge in [-0.3, -0.25) is 0 Å². The van der Waals surface area contributed by atoms with Gasteiger partial charge >= 0.3 is 0 Å². The molecule has 0 saturated heterocycles. The van der Waals surface area contributed by atoms with Crippen LogP contribution in [0.2, 0.25) is 0 Å². The number of aryl methyl sites for hydroxylation is 1. The van der Waals surface area contributed by atoms with E-state index in [0.29, 0.717) is 0 Å². The summed E-state index contributed by atoms with van der Waals surface area (Å²) in [5, 5.41) is 0. The highest BCUT2D eigenvalue weighted by atomic mass is 16.1. The molecular weight excluding hydrogens is 280 g/mol. The lowest BCUT2D eigenvalue weighted by Gasteiger charge is -2.33. The maximum absolute atomic E-state index is 12.0. The van der Waals surface area contributed by atoms with Crippen molar-refractivity contribution in [2.75, 3.05) is 0 Å². The molecule has 0 radical (unpaired) electrons. The van der Waals surface area contributed by atoms with Crippen LogP contribution in [0.1, 0.15) is 30.9 Å². The first-order chi connectivity index (χ1) is 11.2. The van der Waals surface area contributed by atoms with E-state index >= 15 is 0 Å². The van der Waals surface area contributed by atoms with E-state index in [1.54, 1.807) is 0 Å². The SMILES string of the molecule is C=CC(C)C(C=O)(CCCc1ccccc1)Cc1ccccc1. The predicted molar refractivity (Wildman–Crippen MR) is 97.4 cm³/mol. The van der Waals surface area contributed by atoms with Gasteiger partial charge in [0.25, 0.3) is 0 Å². The van der Waals surface area contributed by atoms with E-state index in [4.69, 9.17) is 0 Å². The standard InChI is InChI=1S/C22H26O/c1-3-19(2)22(18-23,17-21-13-8-5-9-14-21)16-10-15-20-11-6-4-7-12-20/h3-9,11-14,18-19H,1,10,15-17H2,2H3. The molecule has 0 heterocycles. The van der Waals surface area contributed by atoms with Crippen LogP contribution in [0, 0.1) is 11.3 Å². The first kappa shape index (κ1) is 17.2. The van der Waals surface area contributed by atoms with Gasteiger partial charge < -0.3 is 4.79 Å². The van der Waals surface area contributed by atoms with Crippen LogP contribution < -0.4 is 0 Å².